The van der Waals surface area contributed by atoms with E-state index in [-0.39, 0.29) is 5.56 Å². The van der Waals surface area contributed by atoms with Crippen LogP contribution in [-0.2, 0) is 0 Å². The van der Waals surface area contributed by atoms with E-state index in [4.69, 9.17) is 5.73 Å². The Bertz CT molecular complexity index is 742. The molecule has 0 spiro atoms. The highest BCUT2D eigenvalue weighted by molar-refractivity contribution is 5.98. The van der Waals surface area contributed by atoms with E-state index in [0.717, 1.165) is 16.6 Å². The second-order valence-corrected chi connectivity index (χ2v) is 4.38. The zero-order valence-corrected chi connectivity index (χ0v) is 10.1. The molecule has 0 bridgehead atoms. The van der Waals surface area contributed by atoms with E-state index in [9.17, 15) is 9.90 Å². The molecule has 0 unspecified atom stereocenters. The number of anilines is 1. The molecule has 0 fully saturated rings. The quantitative estimate of drug-likeness (QED) is 0.613. The fourth-order valence-electron chi connectivity index (χ4n) is 2.19. The molecular formula is C15H12N2O2. The first-order valence-electron chi connectivity index (χ1n) is 5.86. The summed E-state index contributed by atoms with van der Waals surface area (Å²) >= 11 is 0. The zero-order valence-electron chi connectivity index (χ0n) is 10.1. The van der Waals surface area contributed by atoms with Gasteiger partial charge < -0.3 is 15.8 Å². The average Bonchev–Trinajstić information content (AvgIpc) is 2.81. The van der Waals surface area contributed by atoms with Crippen LogP contribution in [0.15, 0.2) is 48.5 Å². The minimum Gasteiger partial charge on any atom is -0.478 e. The van der Waals surface area contributed by atoms with Crippen LogP contribution in [-0.4, -0.2) is 16.1 Å². The number of fused-ring (bicyclic) bond motifs is 1. The van der Waals surface area contributed by atoms with Crippen molar-refractivity contribution in [1.29, 1.82) is 0 Å². The summed E-state index contributed by atoms with van der Waals surface area (Å²) in [7, 11) is 0. The minimum absolute atomic E-state index is 0.237. The van der Waals surface area contributed by atoms with Crippen molar-refractivity contribution >= 4 is 22.6 Å². The van der Waals surface area contributed by atoms with Crippen molar-refractivity contribution in [2.45, 2.75) is 0 Å². The van der Waals surface area contributed by atoms with Gasteiger partial charge in [-0.1, -0.05) is 18.2 Å². The number of carbonyl (C=O) groups is 1. The summed E-state index contributed by atoms with van der Waals surface area (Å²) in [6.07, 6.45) is 0. The highest BCUT2D eigenvalue weighted by atomic mass is 16.4. The molecule has 0 saturated heterocycles. The standard InChI is InChI=1S/C15H12N2O2/c16-10-5-6-11(15(18)19)12(8-10)14-7-9-3-1-2-4-13(9)17-14/h1-8,17H,16H2,(H,18,19). The van der Waals surface area contributed by atoms with Crippen molar-refractivity contribution < 1.29 is 9.90 Å². The number of para-hydroxylation sites is 1. The number of carboxylic acid groups (broad SMARTS) is 1. The maximum absolute atomic E-state index is 11.3. The van der Waals surface area contributed by atoms with Gasteiger partial charge in [0.2, 0.25) is 0 Å². The van der Waals surface area contributed by atoms with Crippen molar-refractivity contribution in [1.82, 2.24) is 4.98 Å². The molecule has 3 rings (SSSR count). The highest BCUT2D eigenvalue weighted by Crippen LogP contribution is 2.28. The predicted molar refractivity (Wildman–Crippen MR) is 75.1 cm³/mol. The van der Waals surface area contributed by atoms with Gasteiger partial charge >= 0.3 is 5.97 Å². The number of rotatable bonds is 2. The fraction of sp³-hybridized carbons (Fsp3) is 0. The molecule has 1 aromatic heterocycles. The number of carboxylic acids is 1. The number of nitrogens with two attached hydrogens (primary N) is 1. The largest absolute Gasteiger partial charge is 0.478 e. The van der Waals surface area contributed by atoms with E-state index in [2.05, 4.69) is 4.98 Å². The van der Waals surface area contributed by atoms with Crippen molar-refractivity contribution in [2.24, 2.45) is 0 Å². The van der Waals surface area contributed by atoms with Gasteiger partial charge in [0.1, 0.15) is 0 Å². The molecule has 0 radical (unpaired) electrons. The number of aromatic amines is 1. The van der Waals surface area contributed by atoms with Crippen molar-refractivity contribution in [2.75, 3.05) is 5.73 Å². The lowest BCUT2D eigenvalue weighted by molar-refractivity contribution is 0.0697. The van der Waals surface area contributed by atoms with Gasteiger partial charge in [0.05, 0.1) is 5.56 Å². The summed E-state index contributed by atoms with van der Waals surface area (Å²) in [6.45, 7) is 0. The molecular weight excluding hydrogens is 240 g/mol. The van der Waals surface area contributed by atoms with Crippen molar-refractivity contribution in [3.8, 4) is 11.3 Å². The molecule has 4 nitrogen and oxygen atoms in total. The molecule has 0 amide bonds. The van der Waals surface area contributed by atoms with E-state index in [1.54, 1.807) is 12.1 Å². The Balaban J connectivity index is 2.25. The summed E-state index contributed by atoms with van der Waals surface area (Å²) in [6, 6.07) is 14.5. The summed E-state index contributed by atoms with van der Waals surface area (Å²) in [4.78, 5) is 14.5. The number of aromatic nitrogens is 1. The molecule has 94 valence electrons. The molecule has 0 aliphatic rings. The van der Waals surface area contributed by atoms with Crippen LogP contribution in [0, 0.1) is 0 Å². The number of nitrogen functional groups attached to an aromatic ring is 1. The van der Waals surface area contributed by atoms with Crippen LogP contribution in [0.3, 0.4) is 0 Å². The van der Waals surface area contributed by atoms with E-state index in [0.29, 0.717) is 11.3 Å². The third kappa shape index (κ3) is 1.93. The van der Waals surface area contributed by atoms with Crippen molar-refractivity contribution in [3.63, 3.8) is 0 Å². The number of nitrogens with one attached hydrogen (secondary N) is 1. The van der Waals surface area contributed by atoms with Crippen LogP contribution in [0.5, 0.6) is 0 Å². The van der Waals surface area contributed by atoms with Gasteiger partial charge in [-0.25, -0.2) is 4.79 Å². The third-order valence-electron chi connectivity index (χ3n) is 3.09. The molecule has 2 aromatic carbocycles. The van der Waals surface area contributed by atoms with Gasteiger partial charge in [-0.3, -0.25) is 0 Å². The van der Waals surface area contributed by atoms with E-state index < -0.39 is 5.97 Å². The van der Waals surface area contributed by atoms with Crippen LogP contribution in [0.1, 0.15) is 10.4 Å². The van der Waals surface area contributed by atoms with Gasteiger partial charge in [-0.15, -0.1) is 0 Å². The molecule has 1 heterocycles. The number of H-pyrrole nitrogens is 1. The van der Waals surface area contributed by atoms with E-state index in [1.807, 2.05) is 30.3 Å². The van der Waals surface area contributed by atoms with E-state index >= 15 is 0 Å². The first kappa shape index (κ1) is 11.3. The first-order valence-corrected chi connectivity index (χ1v) is 5.86. The number of hydrogen-bond acceptors (Lipinski definition) is 2. The lowest BCUT2D eigenvalue weighted by Crippen LogP contribution is -2.00. The maximum atomic E-state index is 11.3. The number of benzene rings is 2. The molecule has 0 atom stereocenters. The van der Waals surface area contributed by atoms with Crippen molar-refractivity contribution in [3.05, 3.63) is 54.1 Å². The molecule has 19 heavy (non-hydrogen) atoms. The van der Waals surface area contributed by atoms with E-state index in [1.165, 1.54) is 6.07 Å². The monoisotopic (exact) mass is 252 g/mol. The molecule has 0 aliphatic heterocycles. The van der Waals surface area contributed by atoms with Gasteiger partial charge in [0, 0.05) is 27.8 Å². The lowest BCUT2D eigenvalue weighted by atomic mass is 10.0. The average molecular weight is 252 g/mol. The minimum atomic E-state index is -0.964. The molecule has 4 N–H and O–H groups in total. The summed E-state index contributed by atoms with van der Waals surface area (Å²) in [5.41, 5.74) is 8.85. The summed E-state index contributed by atoms with van der Waals surface area (Å²) < 4.78 is 0. The number of aromatic carboxylic acids is 1. The van der Waals surface area contributed by atoms with Gasteiger partial charge in [0.25, 0.3) is 0 Å². The lowest BCUT2D eigenvalue weighted by Gasteiger charge is -2.05. The number of hydrogen-bond donors (Lipinski definition) is 3. The molecule has 0 saturated carbocycles. The topological polar surface area (TPSA) is 79.1 Å². The van der Waals surface area contributed by atoms with Gasteiger partial charge in [-0.2, -0.15) is 0 Å². The summed E-state index contributed by atoms with van der Waals surface area (Å²) in [5.74, 6) is -0.964. The second kappa shape index (κ2) is 4.17. The zero-order chi connectivity index (χ0) is 13.4. The molecule has 3 aromatic rings. The van der Waals surface area contributed by atoms with Crippen LogP contribution in [0.4, 0.5) is 5.69 Å². The predicted octanol–water partition coefficient (Wildman–Crippen LogP) is 3.12. The Hall–Kier alpha value is -2.75. The second-order valence-electron chi connectivity index (χ2n) is 4.38. The van der Waals surface area contributed by atoms with Crippen LogP contribution >= 0.6 is 0 Å². The normalized spacial score (nSPS) is 10.7. The third-order valence-corrected chi connectivity index (χ3v) is 3.09. The van der Waals surface area contributed by atoms with Gasteiger partial charge in [-0.05, 0) is 30.3 Å². The Morgan fingerprint density at radius 3 is 2.63 bits per heavy atom. The van der Waals surface area contributed by atoms with Crippen LogP contribution in [0.25, 0.3) is 22.2 Å². The van der Waals surface area contributed by atoms with Crippen LogP contribution in [0.2, 0.25) is 0 Å². The maximum Gasteiger partial charge on any atom is 0.336 e. The fourth-order valence-corrected chi connectivity index (χ4v) is 2.19. The first-order chi connectivity index (χ1) is 9.15. The molecule has 0 aliphatic carbocycles. The van der Waals surface area contributed by atoms with Gasteiger partial charge in [0.15, 0.2) is 0 Å². The SMILES string of the molecule is Nc1ccc(C(=O)O)c(-c2cc3ccccc3[nH]2)c1. The highest BCUT2D eigenvalue weighted by Gasteiger charge is 2.13. The van der Waals surface area contributed by atoms with Crippen LogP contribution < -0.4 is 5.73 Å². The Morgan fingerprint density at radius 2 is 1.89 bits per heavy atom. The smallest absolute Gasteiger partial charge is 0.336 e. The Labute approximate surface area is 109 Å². The Kier molecular flexibility index (Phi) is 2.49. The molecule has 4 heteroatoms. The Morgan fingerprint density at radius 1 is 1.11 bits per heavy atom. The summed E-state index contributed by atoms with van der Waals surface area (Å²) in [5, 5.41) is 10.3.